The van der Waals surface area contributed by atoms with Crippen LogP contribution in [0.2, 0.25) is 0 Å². The summed E-state index contributed by atoms with van der Waals surface area (Å²) < 4.78 is 11.6. The molecule has 0 aromatic heterocycles. The molecule has 7 heteroatoms. The Morgan fingerprint density at radius 3 is 2.78 bits per heavy atom. The molecule has 3 aliphatic rings. The van der Waals surface area contributed by atoms with Gasteiger partial charge in [0.25, 0.3) is 0 Å². The van der Waals surface area contributed by atoms with Crippen LogP contribution in [0.4, 0.5) is 0 Å². The molecule has 3 fully saturated rings. The Balaban J connectivity index is 0.00000192. The lowest BCUT2D eigenvalue weighted by atomic mass is 9.96. The summed E-state index contributed by atoms with van der Waals surface area (Å²) in [6.07, 6.45) is 4.37. The number of hydrogen-bond acceptors (Lipinski definition) is 4. The molecule has 3 unspecified atom stereocenters. The van der Waals surface area contributed by atoms with Crippen molar-refractivity contribution in [1.82, 2.24) is 15.5 Å². The van der Waals surface area contributed by atoms with Crippen LogP contribution in [0.5, 0.6) is 0 Å². The van der Waals surface area contributed by atoms with Crippen molar-refractivity contribution in [1.29, 1.82) is 0 Å². The zero-order valence-electron chi connectivity index (χ0n) is 14.5. The summed E-state index contributed by atoms with van der Waals surface area (Å²) in [5.41, 5.74) is -0.0292. The van der Waals surface area contributed by atoms with Crippen molar-refractivity contribution in [2.75, 3.05) is 39.8 Å². The third-order valence-corrected chi connectivity index (χ3v) is 4.88. The first-order valence-corrected chi connectivity index (χ1v) is 8.55. The SMILES string of the molecule is CN=C(NCCN1CCOC(C)(C)C1)NC1CC2CCC1O2.I. The lowest BCUT2D eigenvalue weighted by Crippen LogP contribution is -2.52. The minimum absolute atomic E-state index is 0. The smallest absolute Gasteiger partial charge is 0.191 e. The van der Waals surface area contributed by atoms with Gasteiger partial charge in [0.2, 0.25) is 0 Å². The van der Waals surface area contributed by atoms with Crippen LogP contribution in [-0.4, -0.2) is 74.5 Å². The van der Waals surface area contributed by atoms with Crippen LogP contribution in [0.3, 0.4) is 0 Å². The second-order valence-electron chi connectivity index (χ2n) is 7.24. The summed E-state index contributed by atoms with van der Waals surface area (Å²) >= 11 is 0. The van der Waals surface area contributed by atoms with E-state index in [0.29, 0.717) is 18.2 Å². The zero-order valence-corrected chi connectivity index (χ0v) is 16.8. The lowest BCUT2D eigenvalue weighted by molar-refractivity contribution is -0.0852. The number of nitrogens with one attached hydrogen (secondary N) is 2. The normalized spacial score (nSPS) is 33.3. The van der Waals surface area contributed by atoms with Gasteiger partial charge < -0.3 is 20.1 Å². The van der Waals surface area contributed by atoms with Crippen LogP contribution in [0.1, 0.15) is 33.1 Å². The molecule has 0 aromatic rings. The van der Waals surface area contributed by atoms with Gasteiger partial charge in [-0.1, -0.05) is 0 Å². The van der Waals surface area contributed by atoms with Gasteiger partial charge in [-0.25, -0.2) is 0 Å². The van der Waals surface area contributed by atoms with Crippen LogP contribution < -0.4 is 10.6 Å². The van der Waals surface area contributed by atoms with E-state index in [9.17, 15) is 0 Å². The van der Waals surface area contributed by atoms with E-state index >= 15 is 0 Å². The summed E-state index contributed by atoms with van der Waals surface area (Å²) in [4.78, 5) is 6.79. The molecule has 0 spiro atoms. The summed E-state index contributed by atoms with van der Waals surface area (Å²) in [6, 6.07) is 0.423. The summed E-state index contributed by atoms with van der Waals surface area (Å²) in [6.45, 7) is 9.04. The Hall–Kier alpha value is -0.120. The quantitative estimate of drug-likeness (QED) is 0.393. The van der Waals surface area contributed by atoms with Gasteiger partial charge in [0.15, 0.2) is 5.96 Å². The Morgan fingerprint density at radius 1 is 1.35 bits per heavy atom. The molecule has 2 N–H and O–H groups in total. The molecule has 0 aliphatic carbocycles. The average Bonchev–Trinajstić information content (AvgIpc) is 3.07. The highest BCUT2D eigenvalue weighted by atomic mass is 127. The Kier molecular flexibility index (Phi) is 6.94. The molecule has 3 saturated heterocycles. The van der Waals surface area contributed by atoms with Gasteiger partial charge >= 0.3 is 0 Å². The zero-order chi connectivity index (χ0) is 15.6. The number of fused-ring (bicyclic) bond motifs is 2. The van der Waals surface area contributed by atoms with Crippen molar-refractivity contribution in [2.45, 2.75) is 57.0 Å². The maximum Gasteiger partial charge on any atom is 0.191 e. The van der Waals surface area contributed by atoms with Crippen molar-refractivity contribution in [3.8, 4) is 0 Å². The Bertz CT molecular complexity index is 419. The maximum absolute atomic E-state index is 5.89. The van der Waals surface area contributed by atoms with E-state index in [1.54, 1.807) is 0 Å². The first-order chi connectivity index (χ1) is 10.6. The Morgan fingerprint density at radius 2 is 2.17 bits per heavy atom. The van der Waals surface area contributed by atoms with Crippen molar-refractivity contribution >= 4 is 29.9 Å². The number of guanidine groups is 1. The molecule has 6 nitrogen and oxygen atoms in total. The molecular formula is C16H31IN4O2. The lowest BCUT2D eigenvalue weighted by Gasteiger charge is -2.38. The van der Waals surface area contributed by atoms with Crippen LogP contribution in [0.15, 0.2) is 4.99 Å². The third kappa shape index (κ3) is 5.17. The van der Waals surface area contributed by atoms with E-state index in [-0.39, 0.29) is 29.6 Å². The van der Waals surface area contributed by atoms with E-state index in [0.717, 1.165) is 45.2 Å². The van der Waals surface area contributed by atoms with Gasteiger partial charge in [-0.15, -0.1) is 24.0 Å². The highest BCUT2D eigenvalue weighted by Gasteiger charge is 2.41. The van der Waals surface area contributed by atoms with Gasteiger partial charge in [-0.05, 0) is 33.1 Å². The topological polar surface area (TPSA) is 58.1 Å². The number of morpholine rings is 1. The summed E-state index contributed by atoms with van der Waals surface area (Å²) in [7, 11) is 1.83. The number of nitrogens with zero attached hydrogens (tertiary/aromatic N) is 2. The minimum Gasteiger partial charge on any atom is -0.373 e. The second kappa shape index (κ2) is 8.31. The number of aliphatic imine (C=N–C) groups is 1. The van der Waals surface area contributed by atoms with Gasteiger partial charge in [0, 0.05) is 33.2 Å². The average molecular weight is 438 g/mol. The van der Waals surface area contributed by atoms with Crippen LogP contribution in [0.25, 0.3) is 0 Å². The minimum atomic E-state index is -0.0292. The van der Waals surface area contributed by atoms with Crippen LogP contribution in [0, 0.1) is 0 Å². The molecule has 2 bridgehead atoms. The fourth-order valence-electron chi connectivity index (χ4n) is 3.80. The third-order valence-electron chi connectivity index (χ3n) is 4.88. The van der Waals surface area contributed by atoms with Crippen molar-refractivity contribution < 1.29 is 9.47 Å². The molecule has 0 saturated carbocycles. The largest absolute Gasteiger partial charge is 0.373 e. The van der Waals surface area contributed by atoms with E-state index in [1.165, 1.54) is 12.8 Å². The molecule has 23 heavy (non-hydrogen) atoms. The highest BCUT2D eigenvalue weighted by molar-refractivity contribution is 14.0. The van der Waals surface area contributed by atoms with Crippen LogP contribution in [-0.2, 0) is 9.47 Å². The first kappa shape index (κ1) is 19.2. The first-order valence-electron chi connectivity index (χ1n) is 8.55. The summed E-state index contributed by atoms with van der Waals surface area (Å²) in [5, 5.41) is 6.95. The van der Waals surface area contributed by atoms with Crippen molar-refractivity contribution in [2.24, 2.45) is 4.99 Å². The van der Waals surface area contributed by atoms with E-state index in [1.807, 2.05) is 7.05 Å². The number of ether oxygens (including phenoxy) is 2. The van der Waals surface area contributed by atoms with Crippen LogP contribution >= 0.6 is 24.0 Å². The molecule has 0 amide bonds. The molecule has 3 atom stereocenters. The van der Waals surface area contributed by atoms with Gasteiger partial charge in [0.05, 0.1) is 30.5 Å². The standard InChI is InChI=1S/C16H30N4O2.HI/c1-16(2)11-20(8-9-21-16)7-6-18-15(17-3)19-13-10-12-4-5-14(13)22-12;/h12-14H,4-11H2,1-3H3,(H2,17,18,19);1H. The molecule has 3 rings (SSSR count). The predicted octanol–water partition coefficient (Wildman–Crippen LogP) is 1.20. The summed E-state index contributed by atoms with van der Waals surface area (Å²) in [5.74, 6) is 0.897. The monoisotopic (exact) mass is 438 g/mol. The number of hydrogen-bond donors (Lipinski definition) is 2. The molecule has 3 aliphatic heterocycles. The predicted molar refractivity (Wildman–Crippen MR) is 103 cm³/mol. The second-order valence-corrected chi connectivity index (χ2v) is 7.24. The van der Waals surface area contributed by atoms with Gasteiger partial charge in [-0.3, -0.25) is 9.89 Å². The van der Waals surface area contributed by atoms with E-state index in [2.05, 4.69) is 34.4 Å². The molecule has 0 radical (unpaired) electrons. The molecule has 134 valence electrons. The van der Waals surface area contributed by atoms with Gasteiger partial charge in [-0.2, -0.15) is 0 Å². The Labute approximate surface area is 156 Å². The number of halogens is 1. The molecule has 3 heterocycles. The highest BCUT2D eigenvalue weighted by Crippen LogP contribution is 2.34. The van der Waals surface area contributed by atoms with E-state index < -0.39 is 0 Å². The fraction of sp³-hybridized carbons (Fsp3) is 0.938. The number of rotatable bonds is 4. The van der Waals surface area contributed by atoms with Crippen molar-refractivity contribution in [3.05, 3.63) is 0 Å². The van der Waals surface area contributed by atoms with E-state index in [4.69, 9.17) is 9.47 Å². The van der Waals surface area contributed by atoms with Gasteiger partial charge in [0.1, 0.15) is 0 Å². The van der Waals surface area contributed by atoms with Crippen molar-refractivity contribution in [3.63, 3.8) is 0 Å². The maximum atomic E-state index is 5.89. The fourth-order valence-corrected chi connectivity index (χ4v) is 3.80. The molecule has 0 aromatic carbocycles. The molecular weight excluding hydrogens is 407 g/mol.